The smallest absolute Gasteiger partial charge is 0.268 e. The van der Waals surface area contributed by atoms with E-state index >= 15 is 0 Å². The van der Waals surface area contributed by atoms with E-state index in [0.29, 0.717) is 0 Å². The fourth-order valence-electron chi connectivity index (χ4n) is 2.02. The Bertz CT molecular complexity index is 547. The topological polar surface area (TPSA) is 104 Å². The molecule has 5 N–H and O–H groups in total. The fourth-order valence-corrected chi connectivity index (χ4v) is 2.02. The van der Waals surface area contributed by atoms with Gasteiger partial charge in [-0.2, -0.15) is 0 Å². The van der Waals surface area contributed by atoms with Gasteiger partial charge >= 0.3 is 0 Å². The zero-order valence-corrected chi connectivity index (χ0v) is 13.0. The first kappa shape index (κ1) is 19.0. The van der Waals surface area contributed by atoms with Crippen LogP contribution in [0, 0.1) is 0 Å². The number of hydroxylamine groups is 1. The highest BCUT2D eigenvalue weighted by atomic mass is 19.3. The molecule has 0 aliphatic heterocycles. The normalized spacial score (nSPS) is 14.9. The first-order valence-corrected chi connectivity index (χ1v) is 7.14. The average molecular weight is 329 g/mol. The van der Waals surface area contributed by atoms with Crippen molar-refractivity contribution in [2.75, 3.05) is 0 Å². The largest absolute Gasteiger partial charge is 0.338 e. The molecule has 0 radical (unpaired) electrons. The summed E-state index contributed by atoms with van der Waals surface area (Å²) in [5.41, 5.74) is 5.56. The molecule has 0 aromatic heterocycles. The maximum Gasteiger partial charge on any atom is 0.268 e. The first-order chi connectivity index (χ1) is 10.7. The van der Waals surface area contributed by atoms with Crippen molar-refractivity contribution in [1.29, 1.82) is 0 Å². The van der Waals surface area contributed by atoms with Crippen molar-refractivity contribution in [3.8, 4) is 0 Å². The summed E-state index contributed by atoms with van der Waals surface area (Å²) in [6.45, 7) is 2.94. The predicted octanol–water partition coefficient (Wildman–Crippen LogP) is 1.23. The van der Waals surface area contributed by atoms with Gasteiger partial charge in [-0.05, 0) is 31.0 Å². The van der Waals surface area contributed by atoms with Crippen LogP contribution in [0.2, 0.25) is 0 Å². The molecular weight excluding hydrogens is 308 g/mol. The second-order valence-electron chi connectivity index (χ2n) is 5.50. The van der Waals surface area contributed by atoms with Gasteiger partial charge in [0.25, 0.3) is 18.2 Å². The summed E-state index contributed by atoms with van der Waals surface area (Å²) < 4.78 is 26.0. The van der Waals surface area contributed by atoms with Gasteiger partial charge in [-0.25, -0.2) is 14.3 Å². The lowest BCUT2D eigenvalue weighted by atomic mass is 9.92. The Morgan fingerprint density at radius 2 is 1.87 bits per heavy atom. The Balaban J connectivity index is 2.95. The van der Waals surface area contributed by atoms with Crippen LogP contribution in [0.1, 0.15) is 36.2 Å². The molecule has 0 saturated heterocycles. The van der Waals surface area contributed by atoms with E-state index in [1.54, 1.807) is 12.1 Å². The molecule has 0 aliphatic rings. The molecule has 2 amide bonds. The van der Waals surface area contributed by atoms with Crippen LogP contribution in [-0.4, -0.2) is 35.0 Å². The second-order valence-corrected chi connectivity index (χ2v) is 5.50. The van der Waals surface area contributed by atoms with E-state index in [2.05, 4.69) is 5.32 Å². The maximum atomic E-state index is 13.0. The Hall–Kier alpha value is -2.06. The van der Waals surface area contributed by atoms with Crippen LogP contribution in [0.15, 0.2) is 24.3 Å². The zero-order valence-electron chi connectivity index (χ0n) is 13.0. The number of amides is 2. The van der Waals surface area contributed by atoms with Gasteiger partial charge in [0.15, 0.2) is 0 Å². The number of halogens is 2. The van der Waals surface area contributed by atoms with Crippen LogP contribution in [-0.2, 0) is 11.2 Å². The molecule has 1 aromatic rings. The lowest BCUT2D eigenvalue weighted by Crippen LogP contribution is -2.66. The fraction of sp³-hybridized carbons (Fsp3) is 0.467. The van der Waals surface area contributed by atoms with Gasteiger partial charge in [0, 0.05) is 5.56 Å². The maximum absolute atomic E-state index is 13.0. The van der Waals surface area contributed by atoms with E-state index in [1.165, 1.54) is 17.6 Å². The van der Waals surface area contributed by atoms with E-state index in [0.717, 1.165) is 25.3 Å². The highest BCUT2D eigenvalue weighted by Crippen LogP contribution is 2.18. The molecule has 1 aromatic carbocycles. The molecule has 128 valence electrons. The number of nitrogens with two attached hydrogens (primary N) is 1. The summed E-state index contributed by atoms with van der Waals surface area (Å²) in [4.78, 5) is 23.7. The van der Waals surface area contributed by atoms with Gasteiger partial charge < -0.3 is 11.1 Å². The lowest BCUT2D eigenvalue weighted by molar-refractivity contribution is -0.134. The molecule has 2 atom stereocenters. The molecule has 6 nitrogen and oxygen atoms in total. The Morgan fingerprint density at radius 1 is 1.30 bits per heavy atom. The third kappa shape index (κ3) is 4.70. The van der Waals surface area contributed by atoms with Crippen molar-refractivity contribution >= 4 is 11.8 Å². The highest BCUT2D eigenvalue weighted by Gasteiger charge is 2.44. The molecule has 1 rings (SSSR count). The monoisotopic (exact) mass is 329 g/mol. The summed E-state index contributed by atoms with van der Waals surface area (Å²) in [6.07, 6.45) is -1.29. The third-order valence-electron chi connectivity index (χ3n) is 3.49. The summed E-state index contributed by atoms with van der Waals surface area (Å²) in [5.74, 6) is -1.95. The van der Waals surface area contributed by atoms with Crippen molar-refractivity contribution in [3.05, 3.63) is 35.4 Å². The van der Waals surface area contributed by atoms with Crippen LogP contribution in [0.25, 0.3) is 0 Å². The molecule has 23 heavy (non-hydrogen) atoms. The standard InChI is InChI=1S/C15H21F2N3O3/c1-3-4-9-5-7-10(8-6-9)12(21)19-11(13(22)20-23)15(2,18)14(16)17/h5-8,11,14,23H,3-4,18H2,1-2H3,(H,19,21)(H,20,22). The Morgan fingerprint density at radius 3 is 2.30 bits per heavy atom. The molecule has 0 spiro atoms. The predicted molar refractivity (Wildman–Crippen MR) is 80.2 cm³/mol. The van der Waals surface area contributed by atoms with Gasteiger partial charge in [-0.3, -0.25) is 14.8 Å². The Labute approximate surface area is 133 Å². The number of benzene rings is 1. The lowest BCUT2D eigenvalue weighted by Gasteiger charge is -2.32. The van der Waals surface area contributed by atoms with Gasteiger partial charge in [0.2, 0.25) is 0 Å². The van der Waals surface area contributed by atoms with Crippen LogP contribution in [0.5, 0.6) is 0 Å². The molecule has 0 aliphatic carbocycles. The summed E-state index contributed by atoms with van der Waals surface area (Å²) in [5, 5.41) is 10.8. The Kier molecular flexibility index (Phi) is 6.59. The molecule has 0 saturated carbocycles. The number of rotatable bonds is 7. The first-order valence-electron chi connectivity index (χ1n) is 7.14. The zero-order chi connectivity index (χ0) is 17.6. The minimum atomic E-state index is -3.09. The van der Waals surface area contributed by atoms with Gasteiger partial charge in [0.05, 0.1) is 0 Å². The molecule has 0 heterocycles. The SMILES string of the molecule is CCCc1ccc(C(=O)NC(C(=O)NO)C(C)(N)C(F)F)cc1. The van der Waals surface area contributed by atoms with Gasteiger partial charge in [0.1, 0.15) is 11.6 Å². The number of aryl methyl sites for hydroxylation is 1. The van der Waals surface area contributed by atoms with Crippen molar-refractivity contribution in [2.45, 2.75) is 44.7 Å². The minimum absolute atomic E-state index is 0.200. The van der Waals surface area contributed by atoms with E-state index in [9.17, 15) is 18.4 Å². The van der Waals surface area contributed by atoms with Crippen LogP contribution >= 0.6 is 0 Å². The van der Waals surface area contributed by atoms with E-state index in [4.69, 9.17) is 10.9 Å². The molecule has 8 heteroatoms. The molecule has 0 bridgehead atoms. The summed E-state index contributed by atoms with van der Waals surface area (Å²) in [6, 6.07) is 4.76. The van der Waals surface area contributed by atoms with E-state index < -0.39 is 29.8 Å². The number of carbonyl (C=O) groups is 2. The number of nitrogens with one attached hydrogen (secondary N) is 2. The number of carbonyl (C=O) groups excluding carboxylic acids is 2. The molecule has 2 unspecified atom stereocenters. The van der Waals surface area contributed by atoms with Crippen LogP contribution in [0.4, 0.5) is 8.78 Å². The van der Waals surface area contributed by atoms with Crippen LogP contribution in [0.3, 0.4) is 0 Å². The highest BCUT2D eigenvalue weighted by molar-refractivity contribution is 5.97. The van der Waals surface area contributed by atoms with Crippen LogP contribution < -0.4 is 16.5 Å². The summed E-state index contributed by atoms with van der Waals surface area (Å²) in [7, 11) is 0. The molecular formula is C15H21F2N3O3. The average Bonchev–Trinajstić information content (AvgIpc) is 2.52. The molecule has 0 fully saturated rings. The summed E-state index contributed by atoms with van der Waals surface area (Å²) >= 11 is 0. The van der Waals surface area contributed by atoms with Crippen molar-refractivity contribution in [1.82, 2.24) is 10.8 Å². The van der Waals surface area contributed by atoms with Crippen molar-refractivity contribution in [3.63, 3.8) is 0 Å². The van der Waals surface area contributed by atoms with E-state index in [-0.39, 0.29) is 5.56 Å². The quantitative estimate of drug-likeness (QED) is 0.446. The second kappa shape index (κ2) is 7.98. The number of alkyl halides is 2. The van der Waals surface area contributed by atoms with E-state index in [1.807, 2.05) is 6.92 Å². The van der Waals surface area contributed by atoms with Gasteiger partial charge in [-0.1, -0.05) is 25.5 Å². The number of hydrogen-bond acceptors (Lipinski definition) is 4. The third-order valence-corrected chi connectivity index (χ3v) is 3.49. The van der Waals surface area contributed by atoms with Gasteiger partial charge in [-0.15, -0.1) is 0 Å². The van der Waals surface area contributed by atoms with Crippen molar-refractivity contribution < 1.29 is 23.6 Å². The number of hydrogen-bond donors (Lipinski definition) is 4. The van der Waals surface area contributed by atoms with Crippen molar-refractivity contribution in [2.24, 2.45) is 5.73 Å². The minimum Gasteiger partial charge on any atom is -0.338 e.